The minimum Gasteiger partial charge on any atom is -0.408 e. The first-order valence-corrected chi connectivity index (χ1v) is 11.7. The van der Waals surface area contributed by atoms with Crippen molar-refractivity contribution in [2.75, 3.05) is 5.32 Å². The van der Waals surface area contributed by atoms with Crippen molar-refractivity contribution in [3.63, 3.8) is 0 Å². The number of nitrogens with zero attached hydrogens (tertiary/aromatic N) is 2. The normalized spacial score (nSPS) is 20.1. The van der Waals surface area contributed by atoms with Crippen LogP contribution >= 0.6 is 0 Å². The van der Waals surface area contributed by atoms with Crippen molar-refractivity contribution in [2.24, 2.45) is 0 Å². The van der Waals surface area contributed by atoms with Crippen LogP contribution in [-0.4, -0.2) is 35.3 Å². The molecule has 1 fully saturated rings. The zero-order valence-electron chi connectivity index (χ0n) is 17.4. The number of aromatic nitrogens is 1. The van der Waals surface area contributed by atoms with E-state index < -0.39 is 21.7 Å². The van der Waals surface area contributed by atoms with Crippen LogP contribution in [0, 0.1) is 0 Å². The number of hydrogen-bond donors (Lipinski definition) is 1. The summed E-state index contributed by atoms with van der Waals surface area (Å²) in [4.78, 5) is 24.7. The van der Waals surface area contributed by atoms with Gasteiger partial charge in [0.2, 0.25) is 15.9 Å². The molecule has 1 aliphatic heterocycles. The van der Waals surface area contributed by atoms with E-state index in [2.05, 4.69) is 5.32 Å². The molecule has 3 aromatic rings. The fraction of sp³-hybridized carbons (Fsp3) is 0.364. The van der Waals surface area contributed by atoms with Gasteiger partial charge < -0.3 is 9.73 Å². The molecule has 0 radical (unpaired) electrons. The largest absolute Gasteiger partial charge is 0.420 e. The predicted molar refractivity (Wildman–Crippen MR) is 117 cm³/mol. The zero-order valence-corrected chi connectivity index (χ0v) is 18.3. The highest BCUT2D eigenvalue weighted by molar-refractivity contribution is 7.89. The maximum absolute atomic E-state index is 13.1. The first kappa shape index (κ1) is 21.3. The molecule has 0 saturated carbocycles. The van der Waals surface area contributed by atoms with Gasteiger partial charge in [-0.15, -0.1) is 0 Å². The number of benzene rings is 2. The van der Waals surface area contributed by atoms with E-state index in [4.69, 9.17) is 4.42 Å². The molecule has 1 aliphatic rings. The zero-order chi connectivity index (χ0) is 22.2. The quantitative estimate of drug-likeness (QED) is 0.653. The number of piperidine rings is 1. The number of sulfonamides is 1. The van der Waals surface area contributed by atoms with Crippen LogP contribution in [0.2, 0.25) is 0 Å². The van der Waals surface area contributed by atoms with Crippen LogP contribution in [0.1, 0.15) is 33.1 Å². The molecular formula is C22H25N3O5S. The summed E-state index contributed by atoms with van der Waals surface area (Å²) >= 11 is 0. The van der Waals surface area contributed by atoms with Crippen LogP contribution in [0.15, 0.2) is 62.6 Å². The van der Waals surface area contributed by atoms with Gasteiger partial charge >= 0.3 is 5.76 Å². The maximum Gasteiger partial charge on any atom is 0.420 e. The van der Waals surface area contributed by atoms with Crippen molar-refractivity contribution in [1.82, 2.24) is 8.87 Å². The lowest BCUT2D eigenvalue weighted by Gasteiger charge is -2.37. The second-order valence-corrected chi connectivity index (χ2v) is 9.80. The van der Waals surface area contributed by atoms with Crippen molar-refractivity contribution >= 4 is 32.7 Å². The molecule has 8 nitrogen and oxygen atoms in total. The monoisotopic (exact) mass is 443 g/mol. The Kier molecular flexibility index (Phi) is 5.72. The van der Waals surface area contributed by atoms with Gasteiger partial charge in [-0.2, -0.15) is 4.31 Å². The number of para-hydroxylation sites is 2. The summed E-state index contributed by atoms with van der Waals surface area (Å²) in [6.45, 7) is 3.66. The number of nitrogens with one attached hydrogen (secondary N) is 1. The van der Waals surface area contributed by atoms with Gasteiger partial charge in [0.1, 0.15) is 6.54 Å². The Balaban J connectivity index is 1.49. The molecular weight excluding hydrogens is 418 g/mol. The number of fused-ring (bicyclic) bond motifs is 1. The van der Waals surface area contributed by atoms with E-state index in [-0.39, 0.29) is 23.5 Å². The lowest BCUT2D eigenvalue weighted by Crippen LogP contribution is -2.47. The summed E-state index contributed by atoms with van der Waals surface area (Å²) in [7, 11) is -3.61. The summed E-state index contributed by atoms with van der Waals surface area (Å²) in [5, 5.41) is 2.70. The van der Waals surface area contributed by atoms with E-state index in [1.807, 2.05) is 13.8 Å². The molecule has 2 aromatic carbocycles. The molecule has 0 bridgehead atoms. The Bertz CT molecular complexity index is 1250. The lowest BCUT2D eigenvalue weighted by atomic mass is 10.0. The number of carbonyl (C=O) groups is 1. The molecule has 1 saturated heterocycles. The van der Waals surface area contributed by atoms with E-state index >= 15 is 0 Å². The average molecular weight is 444 g/mol. The Morgan fingerprint density at radius 2 is 1.71 bits per heavy atom. The van der Waals surface area contributed by atoms with Gasteiger partial charge in [-0.05, 0) is 63.1 Å². The van der Waals surface area contributed by atoms with Gasteiger partial charge in [-0.1, -0.05) is 18.6 Å². The molecule has 0 aliphatic carbocycles. The number of rotatable bonds is 5. The third-order valence-electron chi connectivity index (χ3n) is 5.70. The van der Waals surface area contributed by atoms with Gasteiger partial charge in [0, 0.05) is 17.8 Å². The third-order valence-corrected chi connectivity index (χ3v) is 7.84. The van der Waals surface area contributed by atoms with Gasteiger partial charge in [0.05, 0.1) is 10.4 Å². The maximum atomic E-state index is 13.1. The summed E-state index contributed by atoms with van der Waals surface area (Å²) < 4.78 is 34.2. The van der Waals surface area contributed by atoms with E-state index in [1.165, 1.54) is 16.7 Å². The molecule has 2 atom stereocenters. The fourth-order valence-electron chi connectivity index (χ4n) is 4.21. The van der Waals surface area contributed by atoms with Gasteiger partial charge in [-0.25, -0.2) is 13.2 Å². The van der Waals surface area contributed by atoms with Gasteiger partial charge in [0.15, 0.2) is 5.58 Å². The third kappa shape index (κ3) is 4.15. The fourth-order valence-corrected chi connectivity index (χ4v) is 6.09. The predicted octanol–water partition coefficient (Wildman–Crippen LogP) is 3.18. The number of hydrogen-bond acceptors (Lipinski definition) is 5. The van der Waals surface area contributed by atoms with Gasteiger partial charge in [-0.3, -0.25) is 9.36 Å². The molecule has 0 unspecified atom stereocenters. The summed E-state index contributed by atoms with van der Waals surface area (Å²) in [6, 6.07) is 12.9. The first-order chi connectivity index (χ1) is 14.8. The Hall–Kier alpha value is -2.91. The van der Waals surface area contributed by atoms with Crippen molar-refractivity contribution in [2.45, 2.75) is 56.6 Å². The van der Waals surface area contributed by atoms with E-state index in [0.29, 0.717) is 16.8 Å². The topological polar surface area (TPSA) is 102 Å². The number of carbonyl (C=O) groups excluding carboxylic acids is 1. The lowest BCUT2D eigenvalue weighted by molar-refractivity contribution is -0.116. The molecule has 0 spiro atoms. The van der Waals surface area contributed by atoms with Crippen molar-refractivity contribution in [3.05, 3.63) is 59.1 Å². The average Bonchev–Trinajstić information content (AvgIpc) is 3.03. The molecule has 1 N–H and O–H groups in total. The van der Waals surface area contributed by atoms with Crippen molar-refractivity contribution in [3.8, 4) is 0 Å². The molecule has 9 heteroatoms. The highest BCUT2D eigenvalue weighted by atomic mass is 32.2. The Labute approximate surface area is 180 Å². The van der Waals surface area contributed by atoms with Crippen LogP contribution < -0.4 is 11.1 Å². The van der Waals surface area contributed by atoms with Crippen LogP contribution in [-0.2, 0) is 21.4 Å². The smallest absolute Gasteiger partial charge is 0.408 e. The highest BCUT2D eigenvalue weighted by Gasteiger charge is 2.35. The second-order valence-electron chi connectivity index (χ2n) is 7.96. The first-order valence-electron chi connectivity index (χ1n) is 10.3. The minimum absolute atomic E-state index is 0.0452. The molecule has 164 valence electrons. The Morgan fingerprint density at radius 1 is 1.06 bits per heavy atom. The van der Waals surface area contributed by atoms with Crippen molar-refractivity contribution < 1.29 is 17.6 Å². The van der Waals surface area contributed by atoms with E-state index in [1.54, 1.807) is 40.7 Å². The summed E-state index contributed by atoms with van der Waals surface area (Å²) in [6.07, 6.45) is 2.72. The highest BCUT2D eigenvalue weighted by Crippen LogP contribution is 2.30. The minimum atomic E-state index is -3.61. The molecule has 2 heterocycles. The van der Waals surface area contributed by atoms with E-state index in [9.17, 15) is 18.0 Å². The number of amides is 1. The SMILES string of the molecule is C[C@H]1CCC[C@H](C)N1S(=O)(=O)c1ccc(NC(=O)Cn2c(=O)oc3ccccc32)cc1. The number of anilines is 1. The van der Waals surface area contributed by atoms with Crippen LogP contribution in [0.5, 0.6) is 0 Å². The van der Waals surface area contributed by atoms with Crippen LogP contribution in [0.25, 0.3) is 11.1 Å². The molecule has 31 heavy (non-hydrogen) atoms. The summed E-state index contributed by atoms with van der Waals surface area (Å²) in [5.41, 5.74) is 1.40. The molecule has 1 amide bonds. The standard InChI is InChI=1S/C22H25N3O5S/c1-15-6-5-7-16(2)25(15)31(28,29)18-12-10-17(11-13-18)23-21(26)14-24-19-8-3-4-9-20(19)30-22(24)27/h3-4,8-13,15-16H,5-7,14H2,1-2H3,(H,23,26)/t15-,16-/m0/s1. The van der Waals surface area contributed by atoms with E-state index in [0.717, 1.165) is 19.3 Å². The Morgan fingerprint density at radius 3 is 2.39 bits per heavy atom. The van der Waals surface area contributed by atoms with Crippen LogP contribution in [0.3, 0.4) is 0 Å². The van der Waals surface area contributed by atoms with Crippen LogP contribution in [0.4, 0.5) is 5.69 Å². The summed E-state index contributed by atoms with van der Waals surface area (Å²) in [5.74, 6) is -1.02. The second kappa shape index (κ2) is 8.32. The van der Waals surface area contributed by atoms with Crippen molar-refractivity contribution in [1.29, 1.82) is 0 Å². The number of oxazole rings is 1. The van der Waals surface area contributed by atoms with Gasteiger partial charge in [0.25, 0.3) is 0 Å². The molecule has 1 aromatic heterocycles. The molecule has 4 rings (SSSR count).